The fourth-order valence-corrected chi connectivity index (χ4v) is 2.46. The summed E-state index contributed by atoms with van der Waals surface area (Å²) in [4.78, 5) is 15.3. The first kappa shape index (κ1) is 21.1. The number of ether oxygens (including phenoxy) is 1. The number of carbonyl (C=O) groups excluding carboxylic acids is 1. The van der Waals surface area contributed by atoms with Crippen molar-refractivity contribution in [3.05, 3.63) is 29.1 Å². The summed E-state index contributed by atoms with van der Waals surface area (Å²) in [7, 11) is 0. The van der Waals surface area contributed by atoms with Crippen LogP contribution in [0.5, 0.6) is 0 Å². The van der Waals surface area contributed by atoms with Gasteiger partial charge in [-0.05, 0) is 27.7 Å². The van der Waals surface area contributed by atoms with Crippen LogP contribution in [0, 0.1) is 24.4 Å². The Kier molecular flexibility index (Phi) is 7.14. The first-order chi connectivity index (χ1) is 11.6. The quantitative estimate of drug-likeness (QED) is 0.692. The molecule has 25 heavy (non-hydrogen) atoms. The predicted octanol–water partition coefficient (Wildman–Crippen LogP) is 4.50. The van der Waals surface area contributed by atoms with Crippen LogP contribution in [0.3, 0.4) is 0 Å². The number of amides is 1. The number of hydrogen-bond acceptors (Lipinski definition) is 3. The maximum absolute atomic E-state index is 13.7. The lowest BCUT2D eigenvalue weighted by Gasteiger charge is -2.37. The Bertz CT molecular complexity index is 607. The summed E-state index contributed by atoms with van der Waals surface area (Å²) in [6.07, 6.45) is -0.412. The molecule has 1 aliphatic heterocycles. The van der Waals surface area contributed by atoms with E-state index in [0.29, 0.717) is 31.9 Å². The second kappa shape index (κ2) is 8.45. The van der Waals surface area contributed by atoms with Gasteiger partial charge in [0.05, 0.1) is 0 Å². The number of rotatable bonds is 1. The van der Waals surface area contributed by atoms with Crippen molar-refractivity contribution in [2.45, 2.75) is 47.1 Å². The number of hydrogen-bond donors (Lipinski definition) is 0. The SMILES string of the molecule is CC.Cc1c(N2CCN(C(=O)OC(C)(C)C)CC2)cc(F)c(F)c1F. The summed E-state index contributed by atoms with van der Waals surface area (Å²) in [5.74, 6) is -3.84. The molecule has 2 rings (SSSR count). The molecule has 0 aromatic heterocycles. The Morgan fingerprint density at radius 3 is 2.04 bits per heavy atom. The molecule has 0 spiro atoms. The van der Waals surface area contributed by atoms with E-state index in [1.165, 1.54) is 6.92 Å². The number of benzene rings is 1. The summed E-state index contributed by atoms with van der Waals surface area (Å²) in [6.45, 7) is 12.3. The third-order valence-corrected chi connectivity index (χ3v) is 3.65. The van der Waals surface area contributed by atoms with Crippen LogP contribution in [0.15, 0.2) is 6.07 Å². The molecule has 142 valence electrons. The fourth-order valence-electron chi connectivity index (χ4n) is 2.46. The standard InChI is InChI=1S/C16H21F3N2O2.C2H6/c1-10-12(9-11(17)14(19)13(10)18)20-5-7-21(8-6-20)15(22)23-16(2,3)4;1-2/h9H,5-8H2,1-4H3;1-2H3. The zero-order chi connectivity index (χ0) is 19.4. The molecule has 1 aromatic rings. The number of carbonyl (C=O) groups is 1. The van der Waals surface area contributed by atoms with Gasteiger partial charge in [0.15, 0.2) is 17.5 Å². The molecular weight excluding hydrogens is 333 g/mol. The van der Waals surface area contributed by atoms with Crippen LogP contribution in [0.1, 0.15) is 40.2 Å². The Balaban J connectivity index is 0.00000151. The highest BCUT2D eigenvalue weighted by Gasteiger charge is 2.27. The van der Waals surface area contributed by atoms with Crippen LogP contribution in [0.25, 0.3) is 0 Å². The molecule has 1 fully saturated rings. The van der Waals surface area contributed by atoms with Gasteiger partial charge in [-0.3, -0.25) is 0 Å². The van der Waals surface area contributed by atoms with Crippen molar-refractivity contribution in [1.82, 2.24) is 4.90 Å². The van der Waals surface area contributed by atoms with Gasteiger partial charge < -0.3 is 14.5 Å². The highest BCUT2D eigenvalue weighted by atomic mass is 19.2. The van der Waals surface area contributed by atoms with Gasteiger partial charge in [0, 0.05) is 43.5 Å². The summed E-state index contributed by atoms with van der Waals surface area (Å²) >= 11 is 0. The van der Waals surface area contributed by atoms with E-state index in [4.69, 9.17) is 4.74 Å². The Hall–Kier alpha value is -1.92. The fraction of sp³-hybridized carbons (Fsp3) is 0.611. The van der Waals surface area contributed by atoms with Crippen LogP contribution in [-0.4, -0.2) is 42.8 Å². The van der Waals surface area contributed by atoms with Crippen molar-refractivity contribution < 1.29 is 22.7 Å². The minimum absolute atomic E-state index is 0.0645. The smallest absolute Gasteiger partial charge is 0.410 e. The van der Waals surface area contributed by atoms with E-state index in [0.717, 1.165) is 6.07 Å². The average molecular weight is 360 g/mol. The third-order valence-electron chi connectivity index (χ3n) is 3.65. The maximum Gasteiger partial charge on any atom is 0.410 e. The molecule has 1 heterocycles. The van der Waals surface area contributed by atoms with Crippen LogP contribution in [0.4, 0.5) is 23.7 Å². The van der Waals surface area contributed by atoms with E-state index in [-0.39, 0.29) is 5.56 Å². The van der Waals surface area contributed by atoms with Gasteiger partial charge >= 0.3 is 6.09 Å². The maximum atomic E-state index is 13.7. The van der Waals surface area contributed by atoms with Crippen molar-refractivity contribution >= 4 is 11.8 Å². The molecule has 0 atom stereocenters. The van der Waals surface area contributed by atoms with Crippen LogP contribution in [0.2, 0.25) is 0 Å². The van der Waals surface area contributed by atoms with Gasteiger partial charge in [0.2, 0.25) is 0 Å². The molecule has 0 radical (unpaired) electrons. The molecule has 0 saturated carbocycles. The Morgan fingerprint density at radius 1 is 1.04 bits per heavy atom. The van der Waals surface area contributed by atoms with Crippen LogP contribution >= 0.6 is 0 Å². The highest BCUT2D eigenvalue weighted by Crippen LogP contribution is 2.27. The molecule has 0 bridgehead atoms. The molecular formula is C18H27F3N2O2. The summed E-state index contributed by atoms with van der Waals surface area (Å²) in [6, 6.07) is 0.997. The lowest BCUT2D eigenvalue weighted by molar-refractivity contribution is 0.0240. The van der Waals surface area contributed by atoms with Gasteiger partial charge in [-0.2, -0.15) is 0 Å². The lowest BCUT2D eigenvalue weighted by Crippen LogP contribution is -2.50. The molecule has 1 aromatic carbocycles. The molecule has 1 aliphatic rings. The topological polar surface area (TPSA) is 32.8 Å². The van der Waals surface area contributed by atoms with Crippen molar-refractivity contribution in [1.29, 1.82) is 0 Å². The lowest BCUT2D eigenvalue weighted by atomic mass is 10.1. The van der Waals surface area contributed by atoms with E-state index in [9.17, 15) is 18.0 Å². The van der Waals surface area contributed by atoms with Gasteiger partial charge in [0.1, 0.15) is 5.60 Å². The summed E-state index contributed by atoms with van der Waals surface area (Å²) in [5.41, 5.74) is -0.201. The normalized spacial score (nSPS) is 14.8. The molecule has 1 saturated heterocycles. The monoisotopic (exact) mass is 360 g/mol. The number of nitrogens with zero attached hydrogens (tertiary/aromatic N) is 2. The molecule has 0 unspecified atom stereocenters. The van der Waals surface area contributed by atoms with Crippen molar-refractivity contribution in [2.24, 2.45) is 0 Å². The van der Waals surface area contributed by atoms with E-state index >= 15 is 0 Å². The van der Waals surface area contributed by atoms with Crippen LogP contribution in [-0.2, 0) is 4.74 Å². The Labute approximate surface area is 147 Å². The van der Waals surface area contributed by atoms with Gasteiger partial charge in [-0.1, -0.05) is 13.8 Å². The first-order valence-corrected chi connectivity index (χ1v) is 8.47. The predicted molar refractivity (Wildman–Crippen MR) is 92.4 cm³/mol. The van der Waals surface area contributed by atoms with Crippen molar-refractivity contribution in [2.75, 3.05) is 31.1 Å². The zero-order valence-electron chi connectivity index (χ0n) is 15.8. The minimum atomic E-state index is -1.46. The largest absolute Gasteiger partial charge is 0.444 e. The van der Waals surface area contributed by atoms with E-state index in [1.54, 1.807) is 30.6 Å². The summed E-state index contributed by atoms with van der Waals surface area (Å²) in [5, 5.41) is 0. The second-order valence-corrected chi connectivity index (χ2v) is 6.58. The van der Waals surface area contributed by atoms with Gasteiger partial charge in [-0.15, -0.1) is 0 Å². The van der Waals surface area contributed by atoms with Gasteiger partial charge in [0.25, 0.3) is 0 Å². The average Bonchev–Trinajstić information content (AvgIpc) is 2.57. The molecule has 0 N–H and O–H groups in total. The zero-order valence-corrected chi connectivity index (χ0v) is 15.8. The molecule has 7 heteroatoms. The first-order valence-electron chi connectivity index (χ1n) is 8.47. The highest BCUT2D eigenvalue weighted by molar-refractivity contribution is 5.68. The molecule has 0 aliphatic carbocycles. The molecule has 4 nitrogen and oxygen atoms in total. The van der Waals surface area contributed by atoms with Gasteiger partial charge in [-0.25, -0.2) is 18.0 Å². The van der Waals surface area contributed by atoms with E-state index < -0.39 is 29.1 Å². The van der Waals surface area contributed by atoms with E-state index in [1.807, 2.05) is 13.8 Å². The number of anilines is 1. The second-order valence-electron chi connectivity index (χ2n) is 6.58. The van der Waals surface area contributed by atoms with E-state index in [2.05, 4.69) is 0 Å². The summed E-state index contributed by atoms with van der Waals surface area (Å²) < 4.78 is 45.6. The number of piperazine rings is 1. The van der Waals surface area contributed by atoms with Crippen LogP contribution < -0.4 is 4.90 Å². The third kappa shape index (κ3) is 5.28. The van der Waals surface area contributed by atoms with Crippen molar-refractivity contribution in [3.63, 3.8) is 0 Å². The Morgan fingerprint density at radius 2 is 1.56 bits per heavy atom. The molecule has 1 amide bonds. The van der Waals surface area contributed by atoms with Crippen molar-refractivity contribution in [3.8, 4) is 0 Å². The minimum Gasteiger partial charge on any atom is -0.444 e. The number of halogens is 3.